The van der Waals surface area contributed by atoms with Crippen molar-refractivity contribution in [2.24, 2.45) is 0 Å². The predicted octanol–water partition coefficient (Wildman–Crippen LogP) is 4.06. The summed E-state index contributed by atoms with van der Waals surface area (Å²) < 4.78 is 20.9. The summed E-state index contributed by atoms with van der Waals surface area (Å²) in [4.78, 5) is 9.42. The van der Waals surface area contributed by atoms with Crippen LogP contribution in [0.5, 0.6) is 0 Å². The quantitative estimate of drug-likeness (QED) is 0.548. The monoisotopic (exact) mass is 422 g/mol. The molecule has 1 unspecified atom stereocenters. The molecule has 1 saturated heterocycles. The lowest BCUT2D eigenvalue weighted by molar-refractivity contribution is 0.0926. The van der Waals surface area contributed by atoms with Gasteiger partial charge in [-0.25, -0.2) is 9.37 Å². The van der Waals surface area contributed by atoms with E-state index in [1.54, 1.807) is 7.11 Å². The molecule has 1 fully saturated rings. The van der Waals surface area contributed by atoms with E-state index in [-0.39, 0.29) is 11.9 Å². The molecule has 3 aromatic rings. The van der Waals surface area contributed by atoms with E-state index in [1.807, 2.05) is 30.7 Å². The number of imidazole rings is 1. The van der Waals surface area contributed by atoms with Crippen LogP contribution in [0.1, 0.15) is 24.2 Å². The molecule has 0 aliphatic carbocycles. The zero-order chi connectivity index (χ0) is 21.6. The molecule has 4 rings (SSSR count). The first-order valence-electron chi connectivity index (χ1n) is 10.9. The van der Waals surface area contributed by atoms with E-state index in [0.29, 0.717) is 0 Å². The Morgan fingerprint density at radius 1 is 1.00 bits per heavy atom. The summed E-state index contributed by atoms with van der Waals surface area (Å²) in [5.74, 6) is -0.214. The molecule has 6 heteroatoms. The number of hydrogen-bond donors (Lipinski definition) is 0. The summed E-state index contributed by atoms with van der Waals surface area (Å²) in [6.45, 7) is 9.13. The van der Waals surface area contributed by atoms with E-state index >= 15 is 0 Å². The predicted molar refractivity (Wildman–Crippen MR) is 121 cm³/mol. The van der Waals surface area contributed by atoms with E-state index < -0.39 is 0 Å². The van der Waals surface area contributed by atoms with E-state index in [4.69, 9.17) is 4.74 Å². The van der Waals surface area contributed by atoms with Crippen LogP contribution in [0, 0.1) is 5.82 Å². The molecule has 0 N–H and O–H groups in total. The van der Waals surface area contributed by atoms with Crippen molar-refractivity contribution < 1.29 is 9.13 Å². The molecule has 5 nitrogen and oxygen atoms in total. The van der Waals surface area contributed by atoms with Crippen LogP contribution >= 0.6 is 0 Å². The van der Waals surface area contributed by atoms with Gasteiger partial charge in [0.15, 0.2) is 0 Å². The smallest absolute Gasteiger partial charge is 0.123 e. The molecule has 31 heavy (non-hydrogen) atoms. The number of piperazine rings is 1. The molecular weight excluding hydrogens is 391 g/mol. The maximum atomic E-state index is 13.4. The van der Waals surface area contributed by atoms with Crippen molar-refractivity contribution in [1.82, 2.24) is 19.4 Å². The highest BCUT2D eigenvalue weighted by Crippen LogP contribution is 2.31. The standard InChI is InChI=1S/C25H31FN4O/c1-20(24-5-3-4-6-25(24)21-7-9-22(26)10-8-21)30-19-27-17-23(30)18-29-13-11-28(12-14-29)15-16-31-2/h3-10,17,19-20H,11-16,18H2,1-2H3. The first kappa shape index (κ1) is 21.7. The summed E-state index contributed by atoms with van der Waals surface area (Å²) in [5.41, 5.74) is 4.57. The fourth-order valence-corrected chi connectivity index (χ4v) is 4.33. The molecule has 0 bridgehead atoms. The first-order chi connectivity index (χ1) is 15.2. The van der Waals surface area contributed by atoms with Crippen LogP contribution in [0.4, 0.5) is 4.39 Å². The van der Waals surface area contributed by atoms with Crippen molar-refractivity contribution in [2.45, 2.75) is 19.5 Å². The molecule has 0 radical (unpaired) electrons. The van der Waals surface area contributed by atoms with Crippen LogP contribution in [0.25, 0.3) is 11.1 Å². The van der Waals surface area contributed by atoms with Crippen LogP contribution in [0.15, 0.2) is 61.1 Å². The van der Waals surface area contributed by atoms with Gasteiger partial charge >= 0.3 is 0 Å². The van der Waals surface area contributed by atoms with Crippen molar-refractivity contribution in [3.8, 4) is 11.1 Å². The normalized spacial score (nSPS) is 16.5. The number of halogens is 1. The Bertz CT molecular complexity index is 964. The van der Waals surface area contributed by atoms with E-state index in [9.17, 15) is 4.39 Å². The molecule has 1 aliphatic rings. The Hall–Kier alpha value is -2.54. The van der Waals surface area contributed by atoms with Gasteiger partial charge in [-0.05, 0) is 35.7 Å². The summed E-state index contributed by atoms with van der Waals surface area (Å²) in [7, 11) is 1.76. The van der Waals surface area contributed by atoms with Crippen LogP contribution in [-0.2, 0) is 11.3 Å². The number of methoxy groups -OCH3 is 1. The molecule has 1 atom stereocenters. The lowest BCUT2D eigenvalue weighted by atomic mass is 9.95. The lowest BCUT2D eigenvalue weighted by Crippen LogP contribution is -2.47. The summed E-state index contributed by atoms with van der Waals surface area (Å²) in [5, 5.41) is 0. The van der Waals surface area contributed by atoms with Crippen molar-refractivity contribution >= 4 is 0 Å². The maximum absolute atomic E-state index is 13.4. The third kappa shape index (κ3) is 5.21. The fraction of sp³-hybridized carbons (Fsp3) is 0.400. The first-order valence-corrected chi connectivity index (χ1v) is 10.9. The Morgan fingerprint density at radius 2 is 1.71 bits per heavy atom. The average Bonchev–Trinajstić information content (AvgIpc) is 3.27. The minimum atomic E-state index is -0.214. The molecule has 0 spiro atoms. The third-order valence-corrected chi connectivity index (χ3v) is 6.19. The number of hydrogen-bond acceptors (Lipinski definition) is 4. The number of benzene rings is 2. The van der Waals surface area contributed by atoms with Gasteiger partial charge < -0.3 is 9.30 Å². The number of aromatic nitrogens is 2. The zero-order valence-electron chi connectivity index (χ0n) is 18.4. The van der Waals surface area contributed by atoms with Gasteiger partial charge in [-0.15, -0.1) is 0 Å². The van der Waals surface area contributed by atoms with Gasteiger partial charge in [-0.2, -0.15) is 0 Å². The summed E-state index contributed by atoms with van der Waals surface area (Å²) in [6.07, 6.45) is 3.91. The highest BCUT2D eigenvalue weighted by Gasteiger charge is 2.20. The number of rotatable bonds is 8. The average molecular weight is 423 g/mol. The van der Waals surface area contributed by atoms with E-state index in [0.717, 1.165) is 57.0 Å². The zero-order valence-corrected chi connectivity index (χ0v) is 18.4. The van der Waals surface area contributed by atoms with Gasteiger partial charge in [0.25, 0.3) is 0 Å². The van der Waals surface area contributed by atoms with Gasteiger partial charge in [0.1, 0.15) is 5.82 Å². The van der Waals surface area contributed by atoms with Gasteiger partial charge in [-0.1, -0.05) is 36.4 Å². The number of nitrogens with zero attached hydrogens (tertiary/aromatic N) is 4. The van der Waals surface area contributed by atoms with Gasteiger partial charge in [-0.3, -0.25) is 9.80 Å². The topological polar surface area (TPSA) is 33.5 Å². The lowest BCUT2D eigenvalue weighted by Gasteiger charge is -2.34. The highest BCUT2D eigenvalue weighted by atomic mass is 19.1. The molecule has 1 aromatic heterocycles. The summed E-state index contributed by atoms with van der Waals surface area (Å²) in [6, 6.07) is 15.2. The Labute approximate surface area is 184 Å². The van der Waals surface area contributed by atoms with Crippen molar-refractivity contribution in [1.29, 1.82) is 0 Å². The second kappa shape index (κ2) is 10.2. The second-order valence-electron chi connectivity index (χ2n) is 8.17. The SMILES string of the molecule is COCCN1CCN(Cc2cncn2C(C)c2ccccc2-c2ccc(F)cc2)CC1. The van der Waals surface area contributed by atoms with Crippen LogP contribution in [0.3, 0.4) is 0 Å². The maximum Gasteiger partial charge on any atom is 0.123 e. The number of ether oxygens (including phenoxy) is 1. The van der Waals surface area contributed by atoms with E-state index in [2.05, 4.69) is 44.5 Å². The Morgan fingerprint density at radius 3 is 2.45 bits per heavy atom. The third-order valence-electron chi connectivity index (χ3n) is 6.19. The molecule has 2 heterocycles. The van der Waals surface area contributed by atoms with Crippen LogP contribution in [0.2, 0.25) is 0 Å². The molecule has 164 valence electrons. The summed E-state index contributed by atoms with van der Waals surface area (Å²) >= 11 is 0. The van der Waals surface area contributed by atoms with Crippen molar-refractivity contribution in [3.05, 3.63) is 78.1 Å². The highest BCUT2D eigenvalue weighted by molar-refractivity contribution is 5.68. The Kier molecular flexibility index (Phi) is 7.12. The minimum absolute atomic E-state index is 0.127. The fourth-order valence-electron chi connectivity index (χ4n) is 4.33. The molecule has 2 aromatic carbocycles. The van der Waals surface area contributed by atoms with E-state index in [1.165, 1.54) is 23.4 Å². The van der Waals surface area contributed by atoms with Crippen molar-refractivity contribution in [3.63, 3.8) is 0 Å². The second-order valence-corrected chi connectivity index (χ2v) is 8.17. The molecule has 0 amide bonds. The largest absolute Gasteiger partial charge is 0.383 e. The minimum Gasteiger partial charge on any atom is -0.383 e. The molecule has 0 saturated carbocycles. The Balaban J connectivity index is 1.49. The van der Waals surface area contributed by atoms with Crippen LogP contribution < -0.4 is 0 Å². The molecular formula is C25H31FN4O. The van der Waals surface area contributed by atoms with Crippen LogP contribution in [-0.4, -0.2) is 65.8 Å². The van der Waals surface area contributed by atoms with Gasteiger partial charge in [0.05, 0.1) is 24.7 Å². The van der Waals surface area contributed by atoms with Gasteiger partial charge in [0.2, 0.25) is 0 Å². The van der Waals surface area contributed by atoms with Gasteiger partial charge in [0, 0.05) is 52.6 Å². The molecule has 1 aliphatic heterocycles. The van der Waals surface area contributed by atoms with Crippen molar-refractivity contribution in [2.75, 3.05) is 46.4 Å².